The molecule has 5 heterocycles. The zero-order chi connectivity index (χ0) is 110. The van der Waals surface area contributed by atoms with Crippen molar-refractivity contribution < 1.29 is 144 Å². The predicted octanol–water partition coefficient (Wildman–Crippen LogP) is 3.29. The van der Waals surface area contributed by atoms with Crippen LogP contribution in [0.3, 0.4) is 0 Å². The third kappa shape index (κ3) is 51.0. The van der Waals surface area contributed by atoms with Crippen molar-refractivity contribution in [2.75, 3.05) is 63.9 Å². The Hall–Kier alpha value is -10.5. The van der Waals surface area contributed by atoms with E-state index in [9.17, 15) is 115 Å². The Morgan fingerprint density at radius 2 is 0.623 bits per heavy atom. The molecule has 146 heavy (non-hydrogen) atoms. The third-order valence-electron chi connectivity index (χ3n) is 22.0. The number of carbonyl (C=O) groups excluding carboxylic acids is 23. The molecule has 5 saturated heterocycles. The van der Waals surface area contributed by atoms with Gasteiger partial charge in [-0.25, -0.2) is 14.4 Å². The number of hydrogen-bond donors (Lipinski definition) is 13. The minimum atomic E-state index is -1.15. The van der Waals surface area contributed by atoms with E-state index in [1.165, 1.54) is 82.3 Å². The number of imide groups is 1. The van der Waals surface area contributed by atoms with E-state index in [1.54, 1.807) is 90.0 Å². The topological polar surface area (TPSA) is 665 Å². The van der Waals surface area contributed by atoms with Crippen LogP contribution in [0.4, 0.5) is 9.59 Å². The van der Waals surface area contributed by atoms with Crippen LogP contribution < -0.4 is 64.6 Å². The van der Waals surface area contributed by atoms with Crippen LogP contribution in [0, 0.1) is 23.7 Å². The van der Waals surface area contributed by atoms with Gasteiger partial charge in [0.15, 0.2) is 23.1 Å². The maximum atomic E-state index is 12.9. The Morgan fingerprint density at radius 3 is 0.863 bits per heavy atom. The number of nitrogens with one attached hydrogen (secondary N) is 10. The van der Waals surface area contributed by atoms with Crippen molar-refractivity contribution in [1.82, 2.24) is 77.8 Å². The quantitative estimate of drug-likeness (QED) is 0.0181. The summed E-state index contributed by atoms with van der Waals surface area (Å²) in [5.74, 6) is -11.5. The number of hydrogen-bond acceptors (Lipinski definition) is 31. The molecule has 15 N–H and O–H groups in total. The van der Waals surface area contributed by atoms with Gasteiger partial charge in [-0.1, -0.05) is 62.8 Å². The number of amides is 16. The summed E-state index contributed by atoms with van der Waals surface area (Å²) in [7, 11) is 2.42. The van der Waals surface area contributed by atoms with Crippen LogP contribution >= 0.6 is 71.2 Å². The lowest BCUT2D eigenvalue weighted by Gasteiger charge is -2.29. The fourth-order valence-electron chi connectivity index (χ4n) is 14.0. The Morgan fingerprint density at radius 1 is 0.363 bits per heavy atom. The van der Waals surface area contributed by atoms with Crippen LogP contribution in [0.2, 0.25) is 0 Å². The van der Waals surface area contributed by atoms with Gasteiger partial charge in [-0.3, -0.25) is 101 Å². The highest BCUT2D eigenvalue weighted by atomic mass is 35.5. The first kappa shape index (κ1) is 142. The second-order valence-corrected chi connectivity index (χ2v) is 39.0. The Balaban J connectivity index is -0.000000852. The van der Waals surface area contributed by atoms with Crippen molar-refractivity contribution in [1.29, 1.82) is 0 Å². The second-order valence-electron chi connectivity index (χ2n) is 37.9. The first-order valence-electron chi connectivity index (χ1n) is 47.2. The molecule has 5 rings (SSSR count). The van der Waals surface area contributed by atoms with Gasteiger partial charge in [-0.2, -0.15) is 0 Å². The van der Waals surface area contributed by atoms with Crippen molar-refractivity contribution in [3.8, 4) is 0 Å². The average Bonchev–Trinajstić information content (AvgIpc) is 1.67. The lowest BCUT2D eigenvalue weighted by atomic mass is 10.0. The molecule has 3 unspecified atom stereocenters. The van der Waals surface area contributed by atoms with E-state index < -0.39 is 215 Å². The molecule has 16 amide bonds. The molecule has 0 spiro atoms. The van der Waals surface area contributed by atoms with Crippen LogP contribution in [0.15, 0.2) is 0 Å². The first-order valence-corrected chi connectivity index (χ1v) is 49.3. The minimum absolute atomic E-state index is 0. The summed E-state index contributed by atoms with van der Waals surface area (Å²) >= 11 is 22.1. The van der Waals surface area contributed by atoms with Crippen LogP contribution in [0.1, 0.15) is 250 Å². The maximum absolute atomic E-state index is 12.9. The molecule has 47 nitrogen and oxygen atoms in total. The molecule has 5 aliphatic heterocycles. The summed E-state index contributed by atoms with van der Waals surface area (Å²) in [6.45, 7) is 38.3. The van der Waals surface area contributed by atoms with Crippen molar-refractivity contribution in [2.24, 2.45) is 35.1 Å². The van der Waals surface area contributed by atoms with Crippen molar-refractivity contribution >= 4 is 213 Å². The molecule has 0 saturated carbocycles. The van der Waals surface area contributed by atoms with E-state index >= 15 is 0 Å². The Labute approximate surface area is 886 Å². The summed E-state index contributed by atoms with van der Waals surface area (Å²) in [6.07, 6.45) is 2.41. The first-order chi connectivity index (χ1) is 66.2. The van der Waals surface area contributed by atoms with Gasteiger partial charge in [0.1, 0.15) is 77.7 Å². The van der Waals surface area contributed by atoms with Crippen LogP contribution in [0.25, 0.3) is 0 Å². The smallest absolute Gasteiger partial charge is 0.408 e. The van der Waals surface area contributed by atoms with Crippen molar-refractivity contribution in [3.63, 3.8) is 0 Å². The summed E-state index contributed by atoms with van der Waals surface area (Å²) in [6, 6.07) is -12.6. The number of likely N-dealkylation sites (tertiary alicyclic amines) is 4. The van der Waals surface area contributed by atoms with Gasteiger partial charge in [-0.15, -0.1) is 76.3 Å². The number of alkyl carbamates (subject to hydrolysis) is 2. The number of esters is 2. The van der Waals surface area contributed by atoms with Gasteiger partial charge in [0.2, 0.25) is 70.9 Å². The molecular weight excluding hydrogens is 2050 g/mol. The molecule has 16 atom stereocenters. The number of ketones is 4. The molecule has 0 aliphatic carbocycles. The number of carbonyl (C=O) groups is 24. The van der Waals surface area contributed by atoms with Gasteiger partial charge in [-0.05, 0) is 172 Å². The largest absolute Gasteiger partial charge is 0.480 e. The number of nitrogens with two attached hydrogens (primary N) is 2. The standard InChI is InChI=1S/C22H35ClN4O7.C22H37ClN4O6.C17H29ClN4O4.C16H27N3O6.C9H11NO6.C6H12ClNO.CH4.2ClH/c1-12(2)19(16(28)11-23)26-20(31)13(3)25-21(32)15-7-6-10-27(15)22(33)14(4)24-17(29)8-9-18(30)34-5;1-12(2)17(16(28)11-23)26-18(29)13(3)24-19(30)15-9-8-10-27(15)20(31)14(4)25-21(32)33-22(5,6)7;1-9(2)14(13(23)8-18)21-15(24)11(4)20-16(25)12-6-5-7-22(12)17(26)10(3)19;1-9(18-15(24)25-16(3,4)5)13(21)19-8-6-7-11(19)12(20)17-10(2)14(22)23;1-15-8(13)4-5-9(14)16-10-6(11)2-3-7(10)12;1-4(2)6(8)5(9)3-7;;;/h12-15,19H,6-11H2,1-5H3,(H,24,29)(H,25,32)(H,26,31);12-15,17H,8-11H2,1-7H3,(H,24,30)(H,25,32)(H,26,29);9-12,14H,5-8,19H2,1-4H3,(H,20,25)(H,21,24);9-11H,6-8H2,1-5H3,(H,17,20)(H,18,24)(H,22,23);2-5H2,1H3;4,6H,3,8H2,1-2H3;1H4;2*1H/t13-,14+,15+,19?;13-,14+,15+,17?;10-,11+,12-,14?;9-,10+,11-;;6-;;;/m0011.1.../s1. The lowest BCUT2D eigenvalue weighted by molar-refractivity contribution is -0.197. The summed E-state index contributed by atoms with van der Waals surface area (Å²) in [5, 5.41) is 34.9. The van der Waals surface area contributed by atoms with Crippen LogP contribution in [-0.2, 0) is 129 Å². The average molecular weight is 2210 g/mol. The van der Waals surface area contributed by atoms with Gasteiger partial charge in [0.25, 0.3) is 11.8 Å². The number of carboxylic acid groups (broad SMARTS) is 1. The van der Waals surface area contributed by atoms with E-state index in [0.717, 1.165) is 0 Å². The predicted molar refractivity (Wildman–Crippen MR) is 543 cm³/mol. The normalized spacial score (nSPS) is 18.0. The molecule has 0 bridgehead atoms. The molecule has 5 fully saturated rings. The fraction of sp³-hybridized carbons (Fsp3) is 0.742. The summed E-state index contributed by atoms with van der Waals surface area (Å²) in [5.41, 5.74) is 9.67. The van der Waals surface area contributed by atoms with Gasteiger partial charge < -0.3 is 113 Å². The molecule has 5 aliphatic rings. The molecule has 836 valence electrons. The monoisotopic (exact) mass is 2200 g/mol. The Kier molecular flexibility index (Phi) is 67.7. The van der Waals surface area contributed by atoms with Gasteiger partial charge >= 0.3 is 36.1 Å². The molecule has 0 aromatic heterocycles. The van der Waals surface area contributed by atoms with E-state index in [0.29, 0.717) is 82.6 Å². The number of rotatable bonds is 41. The second kappa shape index (κ2) is 69.7. The van der Waals surface area contributed by atoms with Crippen LogP contribution in [-0.4, -0.2) is 343 Å². The number of methoxy groups -OCH3 is 2. The zero-order valence-corrected chi connectivity index (χ0v) is 91.8. The Bertz CT molecular complexity index is 4390. The van der Waals surface area contributed by atoms with E-state index in [2.05, 4.69) is 67.5 Å². The molecule has 53 heteroatoms. The van der Waals surface area contributed by atoms with Gasteiger partial charge in [0.05, 0.1) is 87.2 Å². The fourth-order valence-corrected chi connectivity index (χ4v) is 14.7. The molecular formula is C93H157Cl6N17O30. The van der Waals surface area contributed by atoms with E-state index in [1.807, 2.05) is 13.8 Å². The van der Waals surface area contributed by atoms with Crippen LogP contribution in [0.5, 0.6) is 0 Å². The van der Waals surface area contributed by atoms with E-state index in [4.69, 9.17) is 72.5 Å². The maximum Gasteiger partial charge on any atom is 0.408 e. The summed E-state index contributed by atoms with van der Waals surface area (Å²) < 4.78 is 19.1. The van der Waals surface area contributed by atoms with Crippen molar-refractivity contribution in [3.05, 3.63) is 0 Å². The number of aliphatic carboxylic acids is 1. The third-order valence-corrected chi connectivity index (χ3v) is 23.0. The SMILES string of the molecule is C.CC(C)C(NC(=O)[C@H](C)NC(=O)[C@H]1CCCN1C(=O)[C@@H](C)N)C(=O)CCl.CC(C)C(NC(=O)[C@H](C)NC(=O)[C@H]1CCCN1C(=O)[C@@H](C)NC(=O)OC(C)(C)C)C(=O)CCl.CC(C)[C@@H](N)C(=O)CCl.COC(=O)CCC(=O)N[C@H](C)C(=O)N1CCC[C@@H]1C(=O)N[C@@H](C)C(=O)NC(C(=O)CCl)C(C)C.COC(=O)CCC(=O)ON1C(=O)CCC1=O.C[C@H](NC(=O)[C@H]1CCCN1C(=O)[C@@H](C)NC(=O)OC(C)(C)C)C(=O)O.Cl.Cl. The number of carboxylic acids is 1. The van der Waals surface area contributed by atoms with E-state index in [-0.39, 0.29) is 153 Å². The molecule has 0 aromatic rings. The minimum Gasteiger partial charge on any atom is -0.480 e. The zero-order valence-electron chi connectivity index (χ0n) is 87.1. The molecule has 0 aromatic carbocycles. The summed E-state index contributed by atoms with van der Waals surface area (Å²) in [4.78, 5) is 296. The number of Topliss-reactive ketones (excluding diaryl/α,β-unsaturated/α-hetero) is 4. The lowest BCUT2D eigenvalue weighted by Crippen LogP contribution is -2.56. The molecule has 0 radical (unpaired) electrons. The number of ether oxygens (including phenoxy) is 4. The number of nitrogens with zero attached hydrogens (tertiary/aromatic N) is 5. The highest BCUT2D eigenvalue weighted by Crippen LogP contribution is 2.25. The van der Waals surface area contributed by atoms with Gasteiger partial charge in [0, 0.05) is 45.4 Å². The van der Waals surface area contributed by atoms with Crippen molar-refractivity contribution in [2.45, 2.75) is 358 Å². The highest BCUT2D eigenvalue weighted by molar-refractivity contribution is 6.30. The highest BCUT2D eigenvalue weighted by Gasteiger charge is 2.44. The number of alkyl halides is 4. The number of halogens is 6. The number of hydroxylamine groups is 2.